The maximum Gasteiger partial charge on any atom is 0.325 e. The van der Waals surface area contributed by atoms with E-state index in [2.05, 4.69) is 10.6 Å². The zero-order chi connectivity index (χ0) is 17.8. The summed E-state index contributed by atoms with van der Waals surface area (Å²) in [5.74, 6) is -0.0111. The Labute approximate surface area is 146 Å². The summed E-state index contributed by atoms with van der Waals surface area (Å²) in [7, 11) is 0. The molecule has 2 N–H and O–H groups in total. The molecular weight excluding hydrogens is 355 g/mol. The highest BCUT2D eigenvalue weighted by atomic mass is 35.5. The van der Waals surface area contributed by atoms with Gasteiger partial charge in [-0.2, -0.15) is 0 Å². The quantitative estimate of drug-likeness (QED) is 0.869. The number of urea groups is 1. The molecule has 7 nitrogen and oxygen atoms in total. The fourth-order valence-electron chi connectivity index (χ4n) is 2.03. The monoisotopic (exact) mass is 366 g/mol. The maximum absolute atomic E-state index is 12.9. The molecule has 0 radical (unpaired) electrons. The van der Waals surface area contributed by atoms with Gasteiger partial charge in [-0.1, -0.05) is 11.6 Å². The van der Waals surface area contributed by atoms with E-state index in [1.54, 1.807) is 18.2 Å². The van der Waals surface area contributed by atoms with Crippen LogP contribution >= 0.6 is 11.6 Å². The topological polar surface area (TPSA) is 85.9 Å². The zero-order valence-corrected chi connectivity index (χ0v) is 13.4. The van der Waals surface area contributed by atoms with Crippen molar-refractivity contribution in [3.63, 3.8) is 0 Å². The number of hydrogen-bond acceptors (Lipinski definition) is 5. The van der Waals surface area contributed by atoms with Crippen LogP contribution in [0.1, 0.15) is 0 Å². The summed E-state index contributed by atoms with van der Waals surface area (Å²) in [5.41, 5.74) is 0.428. The van der Waals surface area contributed by atoms with E-state index in [-0.39, 0.29) is 17.6 Å². The molecule has 0 unspecified atom stereocenters. The number of hydrogen-bond donors (Lipinski definition) is 2. The molecule has 0 saturated heterocycles. The zero-order valence-electron chi connectivity index (χ0n) is 12.7. The fraction of sp³-hybridized carbons (Fsp3) is 0.125. The third-order valence-electron chi connectivity index (χ3n) is 3.14. The van der Waals surface area contributed by atoms with Gasteiger partial charge in [0.1, 0.15) is 11.6 Å². The number of benzene rings is 2. The van der Waals surface area contributed by atoms with E-state index in [0.717, 1.165) is 12.1 Å². The number of amides is 3. The van der Waals surface area contributed by atoms with Crippen molar-refractivity contribution >= 4 is 29.2 Å². The number of fused-ring (bicyclic) bond motifs is 1. The minimum absolute atomic E-state index is 0.0256. The first-order chi connectivity index (χ1) is 12.0. The number of carbonyl (C=O) groups is 2. The molecule has 9 heteroatoms. The van der Waals surface area contributed by atoms with Crippen LogP contribution in [-0.2, 0) is 4.79 Å². The van der Waals surface area contributed by atoms with Crippen LogP contribution in [0.4, 0.5) is 14.9 Å². The van der Waals surface area contributed by atoms with Gasteiger partial charge in [-0.3, -0.25) is 10.1 Å². The molecule has 0 aromatic heterocycles. The molecule has 0 aliphatic carbocycles. The summed E-state index contributed by atoms with van der Waals surface area (Å²) in [6.07, 6.45) is 0. The highest BCUT2D eigenvalue weighted by Crippen LogP contribution is 2.34. The molecule has 130 valence electrons. The third-order valence-corrected chi connectivity index (χ3v) is 3.43. The summed E-state index contributed by atoms with van der Waals surface area (Å²) >= 11 is 5.77. The normalized spacial score (nSPS) is 11.8. The summed E-state index contributed by atoms with van der Waals surface area (Å²) < 4.78 is 28.4. The van der Waals surface area contributed by atoms with Crippen LogP contribution in [0, 0.1) is 5.82 Å². The predicted molar refractivity (Wildman–Crippen MR) is 86.6 cm³/mol. The van der Waals surface area contributed by atoms with E-state index in [4.69, 9.17) is 25.8 Å². The van der Waals surface area contributed by atoms with Gasteiger partial charge < -0.3 is 19.5 Å². The van der Waals surface area contributed by atoms with Crippen LogP contribution in [0.15, 0.2) is 36.4 Å². The van der Waals surface area contributed by atoms with Crippen molar-refractivity contribution in [1.82, 2.24) is 5.32 Å². The summed E-state index contributed by atoms with van der Waals surface area (Å²) in [4.78, 5) is 23.5. The molecule has 1 heterocycles. The van der Waals surface area contributed by atoms with Gasteiger partial charge in [-0.15, -0.1) is 0 Å². The van der Waals surface area contributed by atoms with Crippen LogP contribution in [0.3, 0.4) is 0 Å². The molecule has 2 aromatic carbocycles. The predicted octanol–water partition coefficient (Wildman–Crippen LogP) is 2.93. The van der Waals surface area contributed by atoms with E-state index in [0.29, 0.717) is 17.2 Å². The smallest absolute Gasteiger partial charge is 0.325 e. The first kappa shape index (κ1) is 16.8. The van der Waals surface area contributed by atoms with E-state index in [1.165, 1.54) is 6.07 Å². The highest BCUT2D eigenvalue weighted by Gasteiger charge is 2.15. The lowest BCUT2D eigenvalue weighted by atomic mass is 10.3. The molecule has 3 amide bonds. The molecular formula is C16H12ClFN2O5. The molecule has 3 rings (SSSR count). The second-order valence-electron chi connectivity index (χ2n) is 4.93. The maximum atomic E-state index is 12.9. The van der Waals surface area contributed by atoms with Gasteiger partial charge in [0, 0.05) is 11.8 Å². The van der Waals surface area contributed by atoms with Crippen molar-refractivity contribution in [2.24, 2.45) is 0 Å². The van der Waals surface area contributed by atoms with Gasteiger partial charge in [0.2, 0.25) is 6.79 Å². The average molecular weight is 367 g/mol. The Morgan fingerprint density at radius 3 is 2.76 bits per heavy atom. The summed E-state index contributed by atoms with van der Waals surface area (Å²) in [5, 5.41) is 4.60. The molecule has 1 aliphatic rings. The number of anilines is 1. The van der Waals surface area contributed by atoms with E-state index >= 15 is 0 Å². The summed E-state index contributed by atoms with van der Waals surface area (Å²) in [6, 6.07) is 7.56. The van der Waals surface area contributed by atoms with Gasteiger partial charge in [0.05, 0.1) is 5.02 Å². The lowest BCUT2D eigenvalue weighted by molar-refractivity contribution is -0.121. The van der Waals surface area contributed by atoms with Crippen molar-refractivity contribution in [2.75, 3.05) is 18.7 Å². The number of nitrogens with one attached hydrogen (secondary N) is 2. The first-order valence-electron chi connectivity index (χ1n) is 7.09. The number of rotatable bonds is 4. The van der Waals surface area contributed by atoms with Crippen molar-refractivity contribution in [2.45, 2.75) is 0 Å². The van der Waals surface area contributed by atoms with Gasteiger partial charge >= 0.3 is 6.03 Å². The molecule has 2 aromatic rings. The SMILES string of the molecule is O=C(COc1ccc(F)cc1Cl)NC(=O)Nc1ccc2c(c1)OCO2. The minimum atomic E-state index is -0.738. The van der Waals surface area contributed by atoms with Crippen LogP contribution in [0.25, 0.3) is 0 Å². The number of carbonyl (C=O) groups excluding carboxylic acids is 2. The summed E-state index contributed by atoms with van der Waals surface area (Å²) in [6.45, 7) is -0.341. The number of halogens is 2. The fourth-order valence-corrected chi connectivity index (χ4v) is 2.26. The lowest BCUT2D eigenvalue weighted by Gasteiger charge is -2.09. The average Bonchev–Trinajstić information content (AvgIpc) is 3.01. The lowest BCUT2D eigenvalue weighted by Crippen LogP contribution is -2.37. The Hall–Kier alpha value is -3.00. The molecule has 0 saturated carbocycles. The number of imide groups is 1. The molecule has 0 bridgehead atoms. The van der Waals surface area contributed by atoms with Crippen LogP contribution in [-0.4, -0.2) is 25.3 Å². The second kappa shape index (κ2) is 7.27. The largest absolute Gasteiger partial charge is 0.482 e. The van der Waals surface area contributed by atoms with Crippen molar-refractivity contribution in [1.29, 1.82) is 0 Å². The van der Waals surface area contributed by atoms with E-state index < -0.39 is 24.4 Å². The van der Waals surface area contributed by atoms with Crippen LogP contribution < -0.4 is 24.8 Å². The van der Waals surface area contributed by atoms with Crippen LogP contribution in [0.5, 0.6) is 17.2 Å². The Bertz CT molecular complexity index is 830. The van der Waals surface area contributed by atoms with Gasteiger partial charge in [-0.25, -0.2) is 9.18 Å². The van der Waals surface area contributed by atoms with Gasteiger partial charge in [-0.05, 0) is 30.3 Å². The van der Waals surface area contributed by atoms with E-state index in [9.17, 15) is 14.0 Å². The molecule has 25 heavy (non-hydrogen) atoms. The first-order valence-corrected chi connectivity index (χ1v) is 7.47. The number of ether oxygens (including phenoxy) is 3. The standard InChI is InChI=1S/C16H12ClFN2O5/c17-11-5-9(18)1-3-12(11)23-7-15(21)20-16(22)19-10-2-4-13-14(6-10)25-8-24-13/h1-6H,7-8H2,(H2,19,20,21,22). The molecule has 0 fully saturated rings. The molecule has 0 atom stereocenters. The Morgan fingerprint density at radius 1 is 1.16 bits per heavy atom. The van der Waals surface area contributed by atoms with Crippen LogP contribution in [0.2, 0.25) is 5.02 Å². The Morgan fingerprint density at radius 2 is 1.96 bits per heavy atom. The second-order valence-corrected chi connectivity index (χ2v) is 5.34. The van der Waals surface area contributed by atoms with Crippen molar-refractivity contribution in [3.8, 4) is 17.2 Å². The Kier molecular flexibility index (Phi) is 4.90. The Balaban J connectivity index is 1.50. The minimum Gasteiger partial charge on any atom is -0.482 e. The highest BCUT2D eigenvalue weighted by molar-refractivity contribution is 6.32. The van der Waals surface area contributed by atoms with Gasteiger partial charge in [0.15, 0.2) is 18.1 Å². The van der Waals surface area contributed by atoms with E-state index in [1.807, 2.05) is 0 Å². The molecule has 0 spiro atoms. The van der Waals surface area contributed by atoms with Crippen molar-refractivity contribution < 1.29 is 28.2 Å². The molecule has 1 aliphatic heterocycles. The van der Waals surface area contributed by atoms with Crippen molar-refractivity contribution in [3.05, 3.63) is 47.2 Å². The third kappa shape index (κ3) is 4.30. The van der Waals surface area contributed by atoms with Gasteiger partial charge in [0.25, 0.3) is 5.91 Å².